The molecule has 3 heterocycles. The molecular weight excluding hydrogens is 422 g/mol. The monoisotopic (exact) mass is 455 g/mol. The van der Waals surface area contributed by atoms with E-state index in [4.69, 9.17) is 4.74 Å². The maximum atomic E-state index is 13.5. The van der Waals surface area contributed by atoms with Gasteiger partial charge in [-0.1, -0.05) is 23.8 Å². The first kappa shape index (κ1) is 23.0. The number of thiophene rings is 1. The van der Waals surface area contributed by atoms with Crippen LogP contribution in [0.15, 0.2) is 41.8 Å². The Morgan fingerprint density at radius 2 is 1.91 bits per heavy atom. The van der Waals surface area contributed by atoms with Crippen molar-refractivity contribution in [1.29, 1.82) is 0 Å². The molecule has 0 radical (unpaired) electrons. The van der Waals surface area contributed by atoms with E-state index in [1.165, 1.54) is 0 Å². The zero-order valence-corrected chi connectivity index (χ0v) is 20.0. The molecule has 0 spiro atoms. The number of benzene rings is 1. The van der Waals surface area contributed by atoms with Crippen LogP contribution >= 0.6 is 11.3 Å². The van der Waals surface area contributed by atoms with Gasteiger partial charge in [0.2, 0.25) is 11.8 Å². The fourth-order valence-electron chi connectivity index (χ4n) is 4.68. The Hall–Kier alpha value is -2.22. The molecule has 0 saturated carbocycles. The van der Waals surface area contributed by atoms with Crippen LogP contribution in [0.2, 0.25) is 0 Å². The van der Waals surface area contributed by atoms with Gasteiger partial charge in [-0.3, -0.25) is 14.5 Å². The van der Waals surface area contributed by atoms with E-state index < -0.39 is 0 Å². The van der Waals surface area contributed by atoms with Crippen molar-refractivity contribution in [3.05, 3.63) is 52.2 Å². The number of carbonyl (C=O) groups excluding carboxylic acids is 2. The van der Waals surface area contributed by atoms with Gasteiger partial charge in [0.25, 0.3) is 0 Å². The first-order valence-electron chi connectivity index (χ1n) is 11.4. The summed E-state index contributed by atoms with van der Waals surface area (Å²) in [5.74, 6) is -0.188. The minimum absolute atomic E-state index is 0.0225. The van der Waals surface area contributed by atoms with E-state index in [9.17, 15) is 9.59 Å². The van der Waals surface area contributed by atoms with E-state index >= 15 is 0 Å². The lowest BCUT2D eigenvalue weighted by Gasteiger charge is -2.42. The highest BCUT2D eigenvalue weighted by Crippen LogP contribution is 2.41. The smallest absolute Gasteiger partial charge is 0.227 e. The predicted molar refractivity (Wildman–Crippen MR) is 128 cm³/mol. The number of piperidine rings is 1. The van der Waals surface area contributed by atoms with Gasteiger partial charge in [-0.05, 0) is 50.8 Å². The second kappa shape index (κ2) is 9.73. The van der Waals surface area contributed by atoms with Gasteiger partial charge in [0.05, 0.1) is 25.2 Å². The Morgan fingerprint density at radius 1 is 1.19 bits per heavy atom. The first-order chi connectivity index (χ1) is 15.4. The molecule has 172 valence electrons. The molecular formula is C25H33N3O3S. The van der Waals surface area contributed by atoms with Crippen LogP contribution < -0.4 is 10.2 Å². The normalized spacial score (nSPS) is 22.7. The lowest BCUT2D eigenvalue weighted by atomic mass is 9.86. The second-order valence-corrected chi connectivity index (χ2v) is 10.3. The predicted octanol–water partition coefficient (Wildman–Crippen LogP) is 3.77. The minimum atomic E-state index is -0.287. The molecule has 0 bridgehead atoms. The molecule has 2 aromatic rings. The number of rotatable bonds is 6. The summed E-state index contributed by atoms with van der Waals surface area (Å²) in [5.41, 5.74) is 1.84. The van der Waals surface area contributed by atoms with E-state index in [0.717, 1.165) is 42.4 Å². The van der Waals surface area contributed by atoms with Crippen LogP contribution in [0.4, 0.5) is 5.69 Å². The molecule has 2 saturated heterocycles. The molecule has 1 N–H and O–H groups in total. The molecule has 2 atom stereocenters. The van der Waals surface area contributed by atoms with Gasteiger partial charge in [0.15, 0.2) is 0 Å². The van der Waals surface area contributed by atoms with Gasteiger partial charge in [-0.2, -0.15) is 0 Å². The molecule has 6 nitrogen and oxygen atoms in total. The van der Waals surface area contributed by atoms with Crippen molar-refractivity contribution in [2.75, 3.05) is 37.7 Å². The van der Waals surface area contributed by atoms with Crippen molar-refractivity contribution in [1.82, 2.24) is 10.2 Å². The maximum absolute atomic E-state index is 13.5. The number of amides is 2. The van der Waals surface area contributed by atoms with Gasteiger partial charge >= 0.3 is 0 Å². The highest BCUT2D eigenvalue weighted by Gasteiger charge is 2.42. The van der Waals surface area contributed by atoms with Gasteiger partial charge in [-0.15, -0.1) is 11.3 Å². The molecule has 4 rings (SSSR count). The standard InChI is InChI=1S/C25H33N3O3S/c1-18-6-8-19(9-7-18)28-22(29)11-10-20(23(28)21-5-4-16-32-21)24(30)26-17-25(2,3)27-12-14-31-15-13-27/h4-9,16,20,23H,10-15,17H2,1-3H3,(H,26,30). The fourth-order valence-corrected chi connectivity index (χ4v) is 5.56. The third-order valence-electron chi connectivity index (χ3n) is 6.64. The van der Waals surface area contributed by atoms with E-state index in [0.29, 0.717) is 19.4 Å². The Bertz CT molecular complexity index is 920. The summed E-state index contributed by atoms with van der Waals surface area (Å²) >= 11 is 1.60. The number of hydrogen-bond donors (Lipinski definition) is 1. The molecule has 32 heavy (non-hydrogen) atoms. The summed E-state index contributed by atoms with van der Waals surface area (Å²) in [6.07, 6.45) is 0.939. The number of anilines is 1. The molecule has 2 aliphatic rings. The van der Waals surface area contributed by atoms with Crippen molar-refractivity contribution in [2.45, 2.75) is 45.2 Å². The maximum Gasteiger partial charge on any atom is 0.227 e. The largest absolute Gasteiger partial charge is 0.379 e. The summed E-state index contributed by atoms with van der Waals surface area (Å²) in [5, 5.41) is 5.24. The lowest BCUT2D eigenvalue weighted by Crippen LogP contribution is -2.56. The first-order valence-corrected chi connectivity index (χ1v) is 12.3. The van der Waals surface area contributed by atoms with Crippen molar-refractivity contribution in [2.24, 2.45) is 5.92 Å². The number of carbonyl (C=O) groups is 2. The zero-order valence-electron chi connectivity index (χ0n) is 19.2. The number of ether oxygens (including phenoxy) is 1. The summed E-state index contributed by atoms with van der Waals surface area (Å²) in [7, 11) is 0. The number of hydrogen-bond acceptors (Lipinski definition) is 5. The number of morpholine rings is 1. The van der Waals surface area contributed by atoms with Crippen LogP contribution in [0, 0.1) is 12.8 Å². The van der Waals surface area contributed by atoms with Crippen LogP contribution in [0.25, 0.3) is 0 Å². The van der Waals surface area contributed by atoms with Gasteiger partial charge in [-0.25, -0.2) is 0 Å². The Labute approximate surface area is 194 Å². The molecule has 2 unspecified atom stereocenters. The van der Waals surface area contributed by atoms with Crippen molar-refractivity contribution < 1.29 is 14.3 Å². The van der Waals surface area contributed by atoms with Crippen LogP contribution in [0.3, 0.4) is 0 Å². The topological polar surface area (TPSA) is 61.9 Å². The zero-order chi connectivity index (χ0) is 22.7. The highest BCUT2D eigenvalue weighted by atomic mass is 32.1. The molecule has 1 aromatic heterocycles. The Balaban J connectivity index is 1.55. The van der Waals surface area contributed by atoms with E-state index in [1.807, 2.05) is 53.6 Å². The SMILES string of the molecule is Cc1ccc(N2C(=O)CCC(C(=O)NCC(C)(C)N3CCOCC3)C2c2cccs2)cc1. The lowest BCUT2D eigenvalue weighted by molar-refractivity contribution is -0.129. The van der Waals surface area contributed by atoms with E-state index in [1.54, 1.807) is 11.3 Å². The second-order valence-electron chi connectivity index (χ2n) is 9.33. The fraction of sp³-hybridized carbons (Fsp3) is 0.520. The van der Waals surface area contributed by atoms with E-state index in [2.05, 4.69) is 24.1 Å². The third kappa shape index (κ3) is 4.90. The van der Waals surface area contributed by atoms with Crippen LogP contribution in [0.1, 0.15) is 43.2 Å². The average molecular weight is 456 g/mol. The molecule has 1 aromatic carbocycles. The van der Waals surface area contributed by atoms with Crippen molar-refractivity contribution in [3.63, 3.8) is 0 Å². The van der Waals surface area contributed by atoms with Gasteiger partial charge < -0.3 is 15.0 Å². The van der Waals surface area contributed by atoms with Gasteiger partial charge in [0.1, 0.15) is 0 Å². The van der Waals surface area contributed by atoms with E-state index in [-0.39, 0.29) is 29.3 Å². The number of aryl methyl sites for hydroxylation is 1. The van der Waals surface area contributed by atoms with Crippen LogP contribution in [-0.2, 0) is 14.3 Å². The molecule has 7 heteroatoms. The number of nitrogens with zero attached hydrogens (tertiary/aromatic N) is 2. The molecule has 2 fully saturated rings. The summed E-state index contributed by atoms with van der Waals surface area (Å²) in [6.45, 7) is 10.1. The van der Waals surface area contributed by atoms with Crippen LogP contribution in [-0.4, -0.2) is 55.1 Å². The van der Waals surface area contributed by atoms with Crippen molar-refractivity contribution in [3.8, 4) is 0 Å². The summed E-state index contributed by atoms with van der Waals surface area (Å²) < 4.78 is 5.48. The van der Waals surface area contributed by atoms with Crippen molar-refractivity contribution >= 4 is 28.8 Å². The molecule has 2 aliphatic heterocycles. The molecule has 2 amide bonds. The highest BCUT2D eigenvalue weighted by molar-refractivity contribution is 7.10. The minimum Gasteiger partial charge on any atom is -0.379 e. The third-order valence-corrected chi connectivity index (χ3v) is 7.59. The summed E-state index contributed by atoms with van der Waals surface area (Å²) in [6, 6.07) is 11.7. The molecule has 0 aliphatic carbocycles. The van der Waals surface area contributed by atoms with Crippen LogP contribution in [0.5, 0.6) is 0 Å². The number of nitrogens with one attached hydrogen (secondary N) is 1. The summed E-state index contributed by atoms with van der Waals surface area (Å²) in [4.78, 5) is 31.8. The van der Waals surface area contributed by atoms with Gasteiger partial charge in [0, 0.05) is 42.2 Å². The Morgan fingerprint density at radius 3 is 2.56 bits per heavy atom. The quantitative estimate of drug-likeness (QED) is 0.720. The Kier molecular flexibility index (Phi) is 6.98. The average Bonchev–Trinajstić information content (AvgIpc) is 3.33.